The van der Waals surface area contributed by atoms with Crippen LogP contribution in [0.2, 0.25) is 10.0 Å². The number of hydrogen-bond donors (Lipinski definition) is 1. The predicted octanol–water partition coefficient (Wildman–Crippen LogP) is 6.39. The monoisotopic (exact) mass is 493 g/mol. The zero-order chi connectivity index (χ0) is 20.6. The second kappa shape index (κ2) is 10.5. The number of carbonyl (C=O) groups excluding carboxylic acids is 1. The molecule has 0 heterocycles. The van der Waals surface area contributed by atoms with Gasteiger partial charge in [0.05, 0.1) is 16.1 Å². The lowest BCUT2D eigenvalue weighted by atomic mass is 10.2. The summed E-state index contributed by atoms with van der Waals surface area (Å²) in [6.07, 6.45) is 0.833. The molecule has 1 amide bonds. The van der Waals surface area contributed by atoms with Gasteiger partial charge in [-0.2, -0.15) is 0 Å². The van der Waals surface area contributed by atoms with Gasteiger partial charge in [-0.15, -0.1) is 0 Å². The molecular formula is C22H18BrCl2NO3. The van der Waals surface area contributed by atoms with Crippen LogP contribution in [0.5, 0.6) is 11.5 Å². The highest BCUT2D eigenvalue weighted by molar-refractivity contribution is 9.10. The van der Waals surface area contributed by atoms with Gasteiger partial charge in [0.15, 0.2) is 12.4 Å². The van der Waals surface area contributed by atoms with Crippen LogP contribution >= 0.6 is 39.1 Å². The highest BCUT2D eigenvalue weighted by Gasteiger charge is 2.11. The maximum atomic E-state index is 12.1. The number of halogens is 3. The van der Waals surface area contributed by atoms with Gasteiger partial charge in [0.2, 0.25) is 0 Å². The van der Waals surface area contributed by atoms with Gasteiger partial charge in [-0.1, -0.05) is 53.5 Å². The molecule has 0 saturated carbocycles. The van der Waals surface area contributed by atoms with Crippen LogP contribution < -0.4 is 14.8 Å². The summed E-state index contributed by atoms with van der Waals surface area (Å²) in [6.45, 7) is 0.398. The van der Waals surface area contributed by atoms with E-state index in [1.165, 1.54) is 5.56 Å². The van der Waals surface area contributed by atoms with E-state index in [1.54, 1.807) is 24.3 Å². The summed E-state index contributed by atoms with van der Waals surface area (Å²) in [7, 11) is 0. The molecule has 3 aromatic carbocycles. The standard InChI is InChI=1S/C22H18BrCl2NO3/c23-19-12-16(24)13-20(25)22(19)29-14-21(27)26-17-6-8-18(9-7-17)28-11-10-15-4-2-1-3-5-15/h1-9,12-13H,10-11,14H2,(H,26,27). The van der Waals surface area contributed by atoms with Gasteiger partial charge in [-0.3, -0.25) is 4.79 Å². The fourth-order valence-electron chi connectivity index (χ4n) is 2.57. The Morgan fingerprint density at radius 2 is 1.69 bits per heavy atom. The molecule has 0 radical (unpaired) electrons. The Hall–Kier alpha value is -2.21. The third kappa shape index (κ3) is 6.67. The van der Waals surface area contributed by atoms with Crippen LogP contribution in [0.25, 0.3) is 0 Å². The fraction of sp³-hybridized carbons (Fsp3) is 0.136. The summed E-state index contributed by atoms with van der Waals surface area (Å²) in [5, 5.41) is 3.57. The molecule has 0 atom stereocenters. The van der Waals surface area contributed by atoms with Crippen LogP contribution in [-0.2, 0) is 11.2 Å². The minimum Gasteiger partial charge on any atom is -0.493 e. The Morgan fingerprint density at radius 1 is 0.966 bits per heavy atom. The van der Waals surface area contributed by atoms with E-state index >= 15 is 0 Å². The molecule has 0 unspecified atom stereocenters. The zero-order valence-electron chi connectivity index (χ0n) is 15.3. The third-order valence-electron chi connectivity index (χ3n) is 3.95. The predicted molar refractivity (Wildman–Crippen MR) is 120 cm³/mol. The Bertz CT molecular complexity index is 943. The number of anilines is 1. The van der Waals surface area contributed by atoms with Gasteiger partial charge in [-0.25, -0.2) is 0 Å². The molecule has 0 saturated heterocycles. The first-order valence-corrected chi connectivity index (χ1v) is 10.4. The number of rotatable bonds is 8. The second-order valence-electron chi connectivity index (χ2n) is 6.14. The van der Waals surface area contributed by atoms with Crippen molar-refractivity contribution >= 4 is 50.7 Å². The number of ether oxygens (including phenoxy) is 2. The number of nitrogens with one attached hydrogen (secondary N) is 1. The normalized spacial score (nSPS) is 10.4. The van der Waals surface area contributed by atoms with Crippen molar-refractivity contribution in [1.82, 2.24) is 0 Å². The lowest BCUT2D eigenvalue weighted by Gasteiger charge is -2.11. The summed E-state index contributed by atoms with van der Waals surface area (Å²) in [4.78, 5) is 12.1. The molecule has 1 N–H and O–H groups in total. The van der Waals surface area contributed by atoms with Gasteiger partial charge in [-0.05, 0) is 57.9 Å². The van der Waals surface area contributed by atoms with Crippen LogP contribution in [0, 0.1) is 0 Å². The molecule has 3 rings (SSSR count). The molecule has 0 fully saturated rings. The van der Waals surface area contributed by atoms with Crippen molar-refractivity contribution < 1.29 is 14.3 Å². The lowest BCUT2D eigenvalue weighted by molar-refractivity contribution is -0.118. The Labute approximate surface area is 187 Å². The third-order valence-corrected chi connectivity index (χ3v) is 5.04. The van der Waals surface area contributed by atoms with E-state index < -0.39 is 0 Å². The Kier molecular flexibility index (Phi) is 7.81. The average molecular weight is 495 g/mol. The van der Waals surface area contributed by atoms with Crippen molar-refractivity contribution in [3.05, 3.63) is 86.8 Å². The molecule has 0 aromatic heterocycles. The summed E-state index contributed by atoms with van der Waals surface area (Å²) in [6, 6.07) is 20.5. The zero-order valence-corrected chi connectivity index (χ0v) is 18.4. The van der Waals surface area contributed by atoms with Crippen LogP contribution in [-0.4, -0.2) is 19.1 Å². The van der Waals surface area contributed by atoms with Gasteiger partial charge < -0.3 is 14.8 Å². The highest BCUT2D eigenvalue weighted by Crippen LogP contribution is 2.36. The molecule has 0 spiro atoms. The molecular weight excluding hydrogens is 477 g/mol. The first-order valence-electron chi connectivity index (χ1n) is 8.85. The van der Waals surface area contributed by atoms with E-state index in [-0.39, 0.29) is 12.5 Å². The smallest absolute Gasteiger partial charge is 0.262 e. The summed E-state index contributed by atoms with van der Waals surface area (Å²) in [5.74, 6) is 0.807. The molecule has 3 aromatic rings. The van der Waals surface area contributed by atoms with Crippen LogP contribution in [0.15, 0.2) is 71.2 Å². The Balaban J connectivity index is 1.46. The molecule has 0 aliphatic rings. The van der Waals surface area contributed by atoms with Crippen LogP contribution in [0.1, 0.15) is 5.56 Å². The minimum absolute atomic E-state index is 0.185. The van der Waals surface area contributed by atoms with E-state index in [0.29, 0.717) is 32.6 Å². The van der Waals surface area contributed by atoms with Crippen molar-refractivity contribution in [2.45, 2.75) is 6.42 Å². The molecule has 0 aliphatic heterocycles. The van der Waals surface area contributed by atoms with E-state index in [2.05, 4.69) is 33.4 Å². The molecule has 0 bridgehead atoms. The quantitative estimate of drug-likeness (QED) is 0.394. The van der Waals surface area contributed by atoms with Gasteiger partial charge >= 0.3 is 0 Å². The van der Waals surface area contributed by atoms with Gasteiger partial charge in [0, 0.05) is 17.1 Å². The highest BCUT2D eigenvalue weighted by atomic mass is 79.9. The molecule has 4 nitrogen and oxygen atoms in total. The number of amides is 1. The maximum absolute atomic E-state index is 12.1. The van der Waals surface area contributed by atoms with Crippen molar-refractivity contribution in [2.75, 3.05) is 18.5 Å². The minimum atomic E-state index is -0.305. The fourth-order valence-corrected chi connectivity index (χ4v) is 3.94. The Morgan fingerprint density at radius 3 is 2.38 bits per heavy atom. The topological polar surface area (TPSA) is 47.6 Å². The maximum Gasteiger partial charge on any atom is 0.262 e. The molecule has 7 heteroatoms. The number of hydrogen-bond acceptors (Lipinski definition) is 3. The van der Waals surface area contributed by atoms with Gasteiger partial charge in [0.1, 0.15) is 5.75 Å². The molecule has 150 valence electrons. The summed E-state index contributed by atoms with van der Waals surface area (Å²) < 4.78 is 11.8. The van der Waals surface area contributed by atoms with E-state index in [9.17, 15) is 4.79 Å². The average Bonchev–Trinajstić information content (AvgIpc) is 2.69. The van der Waals surface area contributed by atoms with Crippen LogP contribution in [0.3, 0.4) is 0 Å². The van der Waals surface area contributed by atoms with Crippen molar-refractivity contribution in [2.24, 2.45) is 0 Å². The lowest BCUT2D eigenvalue weighted by Crippen LogP contribution is -2.20. The second-order valence-corrected chi connectivity index (χ2v) is 7.84. The first kappa shape index (κ1) is 21.5. The van der Waals surface area contributed by atoms with Gasteiger partial charge in [0.25, 0.3) is 5.91 Å². The first-order chi connectivity index (χ1) is 14.0. The SMILES string of the molecule is O=C(COc1c(Cl)cc(Cl)cc1Br)Nc1ccc(OCCc2ccccc2)cc1. The van der Waals surface area contributed by atoms with Crippen LogP contribution in [0.4, 0.5) is 5.69 Å². The van der Waals surface area contributed by atoms with E-state index in [1.807, 2.05) is 30.3 Å². The van der Waals surface area contributed by atoms with Crippen molar-refractivity contribution in [1.29, 1.82) is 0 Å². The van der Waals surface area contributed by atoms with E-state index in [0.717, 1.165) is 12.2 Å². The van der Waals surface area contributed by atoms with Crippen molar-refractivity contribution in [3.63, 3.8) is 0 Å². The summed E-state index contributed by atoms with van der Waals surface area (Å²) in [5.41, 5.74) is 1.87. The summed E-state index contributed by atoms with van der Waals surface area (Å²) >= 11 is 15.3. The molecule has 0 aliphatic carbocycles. The van der Waals surface area contributed by atoms with Crippen molar-refractivity contribution in [3.8, 4) is 11.5 Å². The molecule has 29 heavy (non-hydrogen) atoms. The largest absolute Gasteiger partial charge is 0.493 e. The number of benzene rings is 3. The number of carbonyl (C=O) groups is 1. The van der Waals surface area contributed by atoms with E-state index in [4.69, 9.17) is 32.7 Å².